The number of rotatable bonds is 2. The van der Waals surface area contributed by atoms with Crippen molar-refractivity contribution in [1.29, 1.82) is 0 Å². The summed E-state index contributed by atoms with van der Waals surface area (Å²) in [5, 5.41) is 2.47. The molecule has 1 heterocycles. The predicted molar refractivity (Wildman–Crippen MR) is 55.6 cm³/mol. The average molecular weight is 169 g/mol. The molecule has 1 aromatic heterocycles. The molecule has 0 aliphatic carbocycles. The van der Waals surface area contributed by atoms with Gasteiger partial charge in [-0.05, 0) is 23.4 Å². The molecular formula is C12H11N. The number of aromatic nitrogens is 1. The highest BCUT2D eigenvalue weighted by atomic mass is 14.6. The number of hydrogen-bond donors (Lipinski definition) is 0. The van der Waals surface area contributed by atoms with Gasteiger partial charge in [-0.25, -0.2) is 0 Å². The third-order valence-corrected chi connectivity index (χ3v) is 2.14. The van der Waals surface area contributed by atoms with Gasteiger partial charge in [0.05, 0.1) is 0 Å². The maximum atomic E-state index is 4.12. The van der Waals surface area contributed by atoms with E-state index in [0.717, 1.165) is 6.42 Å². The van der Waals surface area contributed by atoms with Gasteiger partial charge in [-0.15, -0.1) is 6.58 Å². The maximum Gasteiger partial charge on any atom is 0.0349 e. The van der Waals surface area contributed by atoms with Crippen LogP contribution in [0, 0.1) is 0 Å². The van der Waals surface area contributed by atoms with Crippen molar-refractivity contribution in [3.63, 3.8) is 0 Å². The molecule has 0 radical (unpaired) electrons. The van der Waals surface area contributed by atoms with Gasteiger partial charge in [-0.2, -0.15) is 0 Å². The zero-order valence-corrected chi connectivity index (χ0v) is 7.40. The third-order valence-electron chi connectivity index (χ3n) is 2.14. The Morgan fingerprint density at radius 3 is 3.08 bits per heavy atom. The van der Waals surface area contributed by atoms with Crippen LogP contribution in [0.3, 0.4) is 0 Å². The summed E-state index contributed by atoms with van der Waals surface area (Å²) in [6.07, 6.45) is 6.55. The predicted octanol–water partition coefficient (Wildman–Crippen LogP) is 2.96. The van der Waals surface area contributed by atoms with Crippen molar-refractivity contribution in [3.05, 3.63) is 54.9 Å². The summed E-state index contributed by atoms with van der Waals surface area (Å²) in [5.41, 5.74) is 1.29. The van der Waals surface area contributed by atoms with Crippen LogP contribution in [-0.4, -0.2) is 4.98 Å². The van der Waals surface area contributed by atoms with E-state index in [1.807, 2.05) is 24.5 Å². The molecule has 0 aliphatic rings. The molecule has 0 unspecified atom stereocenters. The van der Waals surface area contributed by atoms with E-state index in [9.17, 15) is 0 Å². The SMILES string of the molecule is C=CCc1cccc2ccncc12. The van der Waals surface area contributed by atoms with Crippen molar-refractivity contribution in [2.45, 2.75) is 6.42 Å². The number of benzene rings is 1. The average Bonchev–Trinajstić information content (AvgIpc) is 2.19. The second-order valence-electron chi connectivity index (χ2n) is 3.01. The molecule has 13 heavy (non-hydrogen) atoms. The summed E-state index contributed by atoms with van der Waals surface area (Å²) in [6.45, 7) is 3.74. The minimum absolute atomic E-state index is 0.906. The van der Waals surface area contributed by atoms with Crippen LogP contribution in [0.1, 0.15) is 5.56 Å². The van der Waals surface area contributed by atoms with Crippen LogP contribution in [-0.2, 0) is 6.42 Å². The summed E-state index contributed by atoms with van der Waals surface area (Å²) in [6, 6.07) is 8.32. The third kappa shape index (κ3) is 1.45. The zero-order valence-electron chi connectivity index (χ0n) is 7.40. The van der Waals surface area contributed by atoms with Crippen molar-refractivity contribution in [3.8, 4) is 0 Å². The number of hydrogen-bond acceptors (Lipinski definition) is 1. The smallest absolute Gasteiger partial charge is 0.0349 e. The monoisotopic (exact) mass is 169 g/mol. The Morgan fingerprint density at radius 1 is 1.31 bits per heavy atom. The maximum absolute atomic E-state index is 4.12. The topological polar surface area (TPSA) is 12.9 Å². The molecule has 64 valence electrons. The Balaban J connectivity index is 2.68. The molecule has 0 N–H and O–H groups in total. The van der Waals surface area contributed by atoms with E-state index >= 15 is 0 Å². The fourth-order valence-corrected chi connectivity index (χ4v) is 1.51. The van der Waals surface area contributed by atoms with Crippen LogP contribution in [0.5, 0.6) is 0 Å². The number of nitrogens with zero attached hydrogens (tertiary/aromatic N) is 1. The Kier molecular flexibility index (Phi) is 2.09. The lowest BCUT2D eigenvalue weighted by molar-refractivity contribution is 1.28. The van der Waals surface area contributed by atoms with Crippen LogP contribution in [0.2, 0.25) is 0 Å². The zero-order chi connectivity index (χ0) is 9.10. The second-order valence-corrected chi connectivity index (χ2v) is 3.01. The first-order valence-corrected chi connectivity index (χ1v) is 4.34. The first-order valence-electron chi connectivity index (χ1n) is 4.34. The minimum Gasteiger partial charge on any atom is -0.264 e. The lowest BCUT2D eigenvalue weighted by Crippen LogP contribution is -1.84. The van der Waals surface area contributed by atoms with E-state index < -0.39 is 0 Å². The normalized spacial score (nSPS) is 10.2. The Morgan fingerprint density at radius 2 is 2.23 bits per heavy atom. The molecule has 0 spiro atoms. The second kappa shape index (κ2) is 3.40. The van der Waals surface area contributed by atoms with Gasteiger partial charge in [0.15, 0.2) is 0 Å². The van der Waals surface area contributed by atoms with Crippen molar-refractivity contribution in [2.24, 2.45) is 0 Å². The van der Waals surface area contributed by atoms with Gasteiger partial charge in [-0.1, -0.05) is 24.3 Å². The van der Waals surface area contributed by atoms with Crippen molar-refractivity contribution < 1.29 is 0 Å². The molecule has 2 aromatic rings. The fourth-order valence-electron chi connectivity index (χ4n) is 1.51. The van der Waals surface area contributed by atoms with Gasteiger partial charge in [0, 0.05) is 17.8 Å². The highest BCUT2D eigenvalue weighted by molar-refractivity contribution is 5.84. The first kappa shape index (κ1) is 7.99. The van der Waals surface area contributed by atoms with Crippen LogP contribution < -0.4 is 0 Å². The van der Waals surface area contributed by atoms with E-state index in [2.05, 4.69) is 29.8 Å². The quantitative estimate of drug-likeness (QED) is 0.630. The lowest BCUT2D eigenvalue weighted by Gasteiger charge is -2.02. The molecule has 1 nitrogen and oxygen atoms in total. The standard InChI is InChI=1S/C12H11N/c1-2-4-10-5-3-6-11-7-8-13-9-12(10)11/h2-3,5-9H,1,4H2. The highest BCUT2D eigenvalue weighted by Gasteiger charge is 1.97. The molecule has 0 amide bonds. The van der Waals surface area contributed by atoms with E-state index in [1.165, 1.54) is 16.3 Å². The van der Waals surface area contributed by atoms with Gasteiger partial charge >= 0.3 is 0 Å². The van der Waals surface area contributed by atoms with Crippen LogP contribution in [0.15, 0.2) is 49.3 Å². The largest absolute Gasteiger partial charge is 0.264 e. The summed E-state index contributed by atoms with van der Waals surface area (Å²) < 4.78 is 0. The van der Waals surface area contributed by atoms with Gasteiger partial charge in [0.2, 0.25) is 0 Å². The highest BCUT2D eigenvalue weighted by Crippen LogP contribution is 2.17. The summed E-state index contributed by atoms with van der Waals surface area (Å²) in [7, 11) is 0. The molecule has 0 saturated carbocycles. The van der Waals surface area contributed by atoms with E-state index in [1.54, 1.807) is 0 Å². The molecule has 1 heteroatoms. The summed E-state index contributed by atoms with van der Waals surface area (Å²) >= 11 is 0. The Labute approximate surface area is 77.7 Å². The lowest BCUT2D eigenvalue weighted by atomic mass is 10.0. The molecule has 0 aliphatic heterocycles. The number of pyridine rings is 1. The summed E-state index contributed by atoms with van der Waals surface area (Å²) in [5.74, 6) is 0. The molecule has 0 saturated heterocycles. The minimum atomic E-state index is 0.906. The molecule has 0 fully saturated rings. The Bertz CT molecular complexity index is 427. The van der Waals surface area contributed by atoms with Gasteiger partial charge in [-0.3, -0.25) is 4.98 Å². The fraction of sp³-hybridized carbons (Fsp3) is 0.0833. The molecule has 2 rings (SSSR count). The van der Waals surface area contributed by atoms with Crippen LogP contribution in [0.25, 0.3) is 10.8 Å². The van der Waals surface area contributed by atoms with Gasteiger partial charge in [0.25, 0.3) is 0 Å². The van der Waals surface area contributed by atoms with Crippen LogP contribution in [0.4, 0.5) is 0 Å². The van der Waals surface area contributed by atoms with Crippen molar-refractivity contribution in [1.82, 2.24) is 4.98 Å². The van der Waals surface area contributed by atoms with Gasteiger partial charge in [0.1, 0.15) is 0 Å². The van der Waals surface area contributed by atoms with E-state index in [0.29, 0.717) is 0 Å². The molecule has 1 aromatic carbocycles. The Hall–Kier alpha value is -1.63. The van der Waals surface area contributed by atoms with Crippen molar-refractivity contribution in [2.75, 3.05) is 0 Å². The first-order chi connectivity index (χ1) is 6.42. The van der Waals surface area contributed by atoms with Crippen molar-refractivity contribution >= 4 is 10.8 Å². The van der Waals surface area contributed by atoms with Crippen LogP contribution >= 0.6 is 0 Å². The number of allylic oxidation sites excluding steroid dienone is 1. The van der Waals surface area contributed by atoms with E-state index in [4.69, 9.17) is 0 Å². The molecular weight excluding hydrogens is 158 g/mol. The van der Waals surface area contributed by atoms with E-state index in [-0.39, 0.29) is 0 Å². The number of fused-ring (bicyclic) bond motifs is 1. The summed E-state index contributed by atoms with van der Waals surface area (Å²) in [4.78, 5) is 4.12. The van der Waals surface area contributed by atoms with Gasteiger partial charge < -0.3 is 0 Å². The molecule has 0 bridgehead atoms. The molecule has 0 atom stereocenters.